The molecule has 0 radical (unpaired) electrons. The van der Waals surface area contributed by atoms with Gasteiger partial charge in [0.1, 0.15) is 11.5 Å². The van der Waals surface area contributed by atoms with Gasteiger partial charge in [-0.25, -0.2) is 9.97 Å². The first-order chi connectivity index (χ1) is 7.81. The third kappa shape index (κ3) is 2.38. The summed E-state index contributed by atoms with van der Waals surface area (Å²) in [6, 6.07) is 5.95. The highest BCUT2D eigenvalue weighted by atomic mass is 35.5. The predicted octanol–water partition coefficient (Wildman–Crippen LogP) is 2.52. The van der Waals surface area contributed by atoms with E-state index in [1.54, 1.807) is 0 Å². The maximum Gasteiger partial charge on any atom is 0.140 e. The van der Waals surface area contributed by atoms with Gasteiger partial charge >= 0.3 is 0 Å². The van der Waals surface area contributed by atoms with E-state index in [0.717, 1.165) is 23.0 Å². The van der Waals surface area contributed by atoms with Crippen molar-refractivity contribution >= 4 is 28.6 Å². The minimum Gasteiger partial charge on any atom is -0.316 e. The molecule has 1 heterocycles. The molecule has 4 heteroatoms. The summed E-state index contributed by atoms with van der Waals surface area (Å²) in [7, 11) is 1.91. The van der Waals surface area contributed by atoms with Crippen LogP contribution in [0.4, 0.5) is 0 Å². The van der Waals surface area contributed by atoms with Crippen LogP contribution in [0.25, 0.3) is 17.0 Å². The zero-order valence-corrected chi connectivity index (χ0v) is 9.70. The van der Waals surface area contributed by atoms with E-state index in [9.17, 15) is 0 Å². The van der Waals surface area contributed by atoms with Crippen LogP contribution in [0.2, 0.25) is 5.15 Å². The van der Waals surface area contributed by atoms with Gasteiger partial charge in [0.25, 0.3) is 0 Å². The molecule has 0 amide bonds. The van der Waals surface area contributed by atoms with Gasteiger partial charge in [0.2, 0.25) is 0 Å². The number of hydrogen-bond acceptors (Lipinski definition) is 3. The average Bonchev–Trinajstić information content (AvgIpc) is 2.30. The van der Waals surface area contributed by atoms with Gasteiger partial charge in [0, 0.05) is 11.9 Å². The van der Waals surface area contributed by atoms with Crippen LogP contribution in [-0.4, -0.2) is 23.6 Å². The second kappa shape index (κ2) is 5.05. The molecule has 3 nitrogen and oxygen atoms in total. The summed E-state index contributed by atoms with van der Waals surface area (Å²) < 4.78 is 0. The Morgan fingerprint density at radius 1 is 1.38 bits per heavy atom. The quantitative estimate of drug-likeness (QED) is 0.828. The van der Waals surface area contributed by atoms with Crippen LogP contribution >= 0.6 is 11.6 Å². The van der Waals surface area contributed by atoms with Crippen LogP contribution in [0.1, 0.15) is 5.56 Å². The molecule has 82 valence electrons. The average molecular weight is 234 g/mol. The lowest BCUT2D eigenvalue weighted by Crippen LogP contribution is -2.03. The van der Waals surface area contributed by atoms with Crippen molar-refractivity contribution in [1.29, 1.82) is 0 Å². The zero-order valence-electron chi connectivity index (χ0n) is 8.94. The molecule has 0 spiro atoms. The number of rotatable bonds is 3. The summed E-state index contributed by atoms with van der Waals surface area (Å²) in [5, 5.41) is 4.43. The molecule has 2 aromatic rings. The first-order valence-corrected chi connectivity index (χ1v) is 5.40. The van der Waals surface area contributed by atoms with Crippen LogP contribution in [0.15, 0.2) is 30.6 Å². The largest absolute Gasteiger partial charge is 0.316 e. The fourth-order valence-electron chi connectivity index (χ4n) is 1.46. The second-order valence-corrected chi connectivity index (χ2v) is 3.76. The third-order valence-electron chi connectivity index (χ3n) is 2.24. The van der Waals surface area contributed by atoms with Crippen molar-refractivity contribution < 1.29 is 0 Å². The number of nitrogens with zero attached hydrogens (tertiary/aromatic N) is 2. The number of aromatic nitrogens is 2. The van der Waals surface area contributed by atoms with E-state index in [1.165, 1.54) is 6.33 Å². The lowest BCUT2D eigenvalue weighted by Gasteiger charge is -2.00. The first-order valence-electron chi connectivity index (χ1n) is 5.02. The molecule has 0 unspecified atom stereocenters. The van der Waals surface area contributed by atoms with Crippen LogP contribution in [-0.2, 0) is 0 Å². The van der Waals surface area contributed by atoms with Gasteiger partial charge in [-0.05, 0) is 24.7 Å². The number of nitrogens with one attached hydrogen (secondary N) is 1. The van der Waals surface area contributed by atoms with Crippen LogP contribution < -0.4 is 5.32 Å². The zero-order chi connectivity index (χ0) is 11.4. The fraction of sp³-hybridized carbons (Fsp3) is 0.167. The Kier molecular flexibility index (Phi) is 3.49. The van der Waals surface area contributed by atoms with Crippen LogP contribution in [0.5, 0.6) is 0 Å². The molecule has 1 aromatic carbocycles. The maximum absolute atomic E-state index is 6.00. The van der Waals surface area contributed by atoms with Crippen LogP contribution in [0.3, 0.4) is 0 Å². The van der Waals surface area contributed by atoms with Crippen molar-refractivity contribution in [2.75, 3.05) is 13.6 Å². The minimum absolute atomic E-state index is 0.494. The van der Waals surface area contributed by atoms with Gasteiger partial charge in [-0.3, -0.25) is 0 Å². The number of fused-ring (bicyclic) bond motifs is 1. The summed E-state index contributed by atoms with van der Waals surface area (Å²) in [6.07, 6.45) is 5.57. The number of benzene rings is 1. The van der Waals surface area contributed by atoms with Crippen molar-refractivity contribution in [3.8, 4) is 0 Å². The van der Waals surface area contributed by atoms with E-state index in [1.807, 2.05) is 31.3 Å². The molecular formula is C12H12ClN3. The number of hydrogen-bond donors (Lipinski definition) is 1. The number of halogens is 1. The Morgan fingerprint density at radius 2 is 2.25 bits per heavy atom. The standard InChI is InChI=1S/C12H12ClN3/c1-14-6-2-3-9-4-5-11-10(7-9)12(13)16-8-15-11/h2-5,7-8,14H,6H2,1H3. The Labute approximate surface area is 99.2 Å². The van der Waals surface area contributed by atoms with Crippen molar-refractivity contribution in [1.82, 2.24) is 15.3 Å². The molecule has 1 N–H and O–H groups in total. The minimum atomic E-state index is 0.494. The fourth-order valence-corrected chi connectivity index (χ4v) is 1.65. The third-order valence-corrected chi connectivity index (χ3v) is 2.54. The normalized spacial score (nSPS) is 11.4. The summed E-state index contributed by atoms with van der Waals surface area (Å²) in [5.41, 5.74) is 1.96. The van der Waals surface area contributed by atoms with Crippen molar-refractivity contribution in [3.05, 3.63) is 41.3 Å². The molecule has 16 heavy (non-hydrogen) atoms. The molecular weight excluding hydrogens is 222 g/mol. The summed E-state index contributed by atoms with van der Waals surface area (Å²) >= 11 is 6.00. The Morgan fingerprint density at radius 3 is 3.06 bits per heavy atom. The van der Waals surface area contributed by atoms with Gasteiger partial charge < -0.3 is 5.32 Å². The van der Waals surface area contributed by atoms with Gasteiger partial charge in [-0.2, -0.15) is 0 Å². The lowest BCUT2D eigenvalue weighted by molar-refractivity contribution is 0.922. The molecule has 1 aromatic heterocycles. The Balaban J connectivity index is 2.39. The molecule has 0 aliphatic heterocycles. The van der Waals surface area contributed by atoms with Crippen LogP contribution in [0, 0.1) is 0 Å². The summed E-state index contributed by atoms with van der Waals surface area (Å²) in [5.74, 6) is 0. The van der Waals surface area contributed by atoms with Gasteiger partial charge in [0.05, 0.1) is 5.52 Å². The lowest BCUT2D eigenvalue weighted by atomic mass is 10.1. The van der Waals surface area contributed by atoms with Crippen molar-refractivity contribution in [2.24, 2.45) is 0 Å². The van der Waals surface area contributed by atoms with E-state index in [4.69, 9.17) is 11.6 Å². The molecule has 0 bridgehead atoms. The number of likely N-dealkylation sites (N-methyl/N-ethyl adjacent to an activating group) is 1. The highest BCUT2D eigenvalue weighted by Crippen LogP contribution is 2.20. The van der Waals surface area contributed by atoms with E-state index >= 15 is 0 Å². The summed E-state index contributed by atoms with van der Waals surface area (Å²) in [6.45, 7) is 0.844. The Hall–Kier alpha value is -1.45. The second-order valence-electron chi connectivity index (χ2n) is 3.40. The highest BCUT2D eigenvalue weighted by Gasteiger charge is 2.00. The van der Waals surface area contributed by atoms with E-state index < -0.39 is 0 Å². The van der Waals surface area contributed by atoms with E-state index in [2.05, 4.69) is 21.4 Å². The Bertz CT molecular complexity index is 523. The molecule has 0 aliphatic rings. The van der Waals surface area contributed by atoms with E-state index in [0.29, 0.717) is 5.15 Å². The molecule has 0 aliphatic carbocycles. The van der Waals surface area contributed by atoms with Gasteiger partial charge in [0.15, 0.2) is 0 Å². The molecule has 0 saturated heterocycles. The topological polar surface area (TPSA) is 37.8 Å². The monoisotopic (exact) mass is 233 g/mol. The summed E-state index contributed by atoms with van der Waals surface area (Å²) in [4.78, 5) is 8.11. The van der Waals surface area contributed by atoms with Gasteiger partial charge in [-0.15, -0.1) is 0 Å². The van der Waals surface area contributed by atoms with Crippen molar-refractivity contribution in [3.63, 3.8) is 0 Å². The maximum atomic E-state index is 6.00. The van der Waals surface area contributed by atoms with E-state index in [-0.39, 0.29) is 0 Å². The molecule has 0 saturated carbocycles. The predicted molar refractivity (Wildman–Crippen MR) is 67.5 cm³/mol. The molecule has 2 rings (SSSR count). The molecule has 0 atom stereocenters. The SMILES string of the molecule is CNCC=Cc1ccc2ncnc(Cl)c2c1. The first kappa shape index (κ1) is 11.0. The highest BCUT2D eigenvalue weighted by molar-refractivity contribution is 6.34. The smallest absolute Gasteiger partial charge is 0.140 e. The van der Waals surface area contributed by atoms with Gasteiger partial charge in [-0.1, -0.05) is 29.8 Å². The molecule has 0 fully saturated rings. The van der Waals surface area contributed by atoms with Crippen molar-refractivity contribution in [2.45, 2.75) is 0 Å².